The summed E-state index contributed by atoms with van der Waals surface area (Å²) in [6.45, 7) is 1.28. The summed E-state index contributed by atoms with van der Waals surface area (Å²) in [4.78, 5) is 11.8. The highest BCUT2D eigenvalue weighted by Crippen LogP contribution is 2.40. The highest BCUT2D eigenvalue weighted by Gasteiger charge is 2.43. The lowest BCUT2D eigenvalue weighted by Crippen LogP contribution is -2.26. The van der Waals surface area contributed by atoms with E-state index in [0.29, 0.717) is 12.8 Å². The van der Waals surface area contributed by atoms with Gasteiger partial charge in [-0.1, -0.05) is 55.5 Å². The molecule has 0 aliphatic heterocycles. The Morgan fingerprint density at radius 1 is 1.03 bits per heavy atom. The Labute approximate surface area is 183 Å². The number of carbonyl (C=O) groups is 1. The minimum Gasteiger partial charge on any atom is -0.457 e. The van der Waals surface area contributed by atoms with Crippen LogP contribution in [0.25, 0.3) is 0 Å². The molecule has 4 nitrogen and oxygen atoms in total. The third-order valence-corrected chi connectivity index (χ3v) is 4.89. The molecule has 0 aromatic rings. The quantitative estimate of drug-likeness (QED) is 0.205. The highest BCUT2D eigenvalue weighted by atomic mass is 19.4. The fraction of sp³-hybridized carbons (Fsp3) is 0.625. The van der Waals surface area contributed by atoms with Crippen LogP contribution in [-0.2, 0) is 9.53 Å². The fourth-order valence-electron chi connectivity index (χ4n) is 2.94. The number of rotatable bonds is 15. The van der Waals surface area contributed by atoms with E-state index in [2.05, 4.69) is 18.2 Å². The minimum absolute atomic E-state index is 0.167. The molecule has 1 saturated carbocycles. The third kappa shape index (κ3) is 13.9. The van der Waals surface area contributed by atoms with Crippen molar-refractivity contribution >= 4 is 5.97 Å². The van der Waals surface area contributed by atoms with Crippen molar-refractivity contribution in [2.45, 2.75) is 64.1 Å². The van der Waals surface area contributed by atoms with Crippen molar-refractivity contribution in [2.24, 2.45) is 17.8 Å². The molecule has 1 fully saturated rings. The van der Waals surface area contributed by atoms with Gasteiger partial charge in [0.05, 0.1) is 19.1 Å². The highest BCUT2D eigenvalue weighted by molar-refractivity contribution is 5.76. The standard InChI is InChI=1S/C24H35F3O4/c1-19(13-9-6-7-11-15-24(25,26)27)12-8-4-2-3-5-10-14-20-16-22(20)23(30)31-21(17-28)18-29/h2-3,8-10,12-14,19-22,28-29H,4-7,11,15-18H2,1H3/b3-2-,12-8-,13-9-,14-10-/t19-,20-,22+/m1/s1. The molecule has 1 aliphatic rings. The Morgan fingerprint density at radius 2 is 1.68 bits per heavy atom. The predicted octanol–water partition coefficient (Wildman–Crippen LogP) is 5.28. The second kappa shape index (κ2) is 15.0. The lowest BCUT2D eigenvalue weighted by molar-refractivity contribution is -0.155. The molecule has 0 spiro atoms. The van der Waals surface area contributed by atoms with Crippen LogP contribution in [0.5, 0.6) is 0 Å². The number of allylic oxidation sites excluding steroid dienone is 8. The van der Waals surface area contributed by atoms with E-state index in [1.807, 2.05) is 37.3 Å². The zero-order valence-corrected chi connectivity index (χ0v) is 18.1. The minimum atomic E-state index is -4.05. The lowest BCUT2D eigenvalue weighted by Gasteiger charge is -2.11. The van der Waals surface area contributed by atoms with Crippen LogP contribution in [0.4, 0.5) is 13.2 Å². The maximum Gasteiger partial charge on any atom is 0.389 e. The molecule has 0 unspecified atom stereocenters. The van der Waals surface area contributed by atoms with E-state index in [1.165, 1.54) is 0 Å². The van der Waals surface area contributed by atoms with Crippen molar-refractivity contribution in [1.29, 1.82) is 0 Å². The fourth-order valence-corrected chi connectivity index (χ4v) is 2.94. The van der Waals surface area contributed by atoms with Crippen LogP contribution >= 0.6 is 0 Å². The molecule has 2 N–H and O–H groups in total. The van der Waals surface area contributed by atoms with E-state index in [4.69, 9.17) is 14.9 Å². The van der Waals surface area contributed by atoms with E-state index in [-0.39, 0.29) is 43.4 Å². The molecule has 7 heteroatoms. The first-order chi connectivity index (χ1) is 14.8. The molecular formula is C24H35F3O4. The van der Waals surface area contributed by atoms with Gasteiger partial charge in [0.1, 0.15) is 6.10 Å². The number of hydrogen-bond donors (Lipinski definition) is 2. The van der Waals surface area contributed by atoms with E-state index in [0.717, 1.165) is 19.3 Å². The number of ether oxygens (including phenoxy) is 1. The van der Waals surface area contributed by atoms with Gasteiger partial charge in [0, 0.05) is 6.42 Å². The molecule has 1 rings (SSSR count). The van der Waals surface area contributed by atoms with Crippen LogP contribution in [0.1, 0.15) is 51.9 Å². The number of aliphatic hydroxyl groups is 2. The van der Waals surface area contributed by atoms with E-state index in [9.17, 15) is 18.0 Å². The summed E-state index contributed by atoms with van der Waals surface area (Å²) in [7, 11) is 0. The second-order valence-electron chi connectivity index (χ2n) is 7.88. The van der Waals surface area contributed by atoms with Crippen molar-refractivity contribution in [1.82, 2.24) is 0 Å². The molecule has 0 aromatic heterocycles. The lowest BCUT2D eigenvalue weighted by atomic mass is 10.1. The Bertz CT molecular complexity index is 619. The number of hydrogen-bond acceptors (Lipinski definition) is 4. The van der Waals surface area contributed by atoms with Crippen molar-refractivity contribution in [3.8, 4) is 0 Å². The first kappa shape index (κ1) is 27.2. The Balaban J connectivity index is 2.10. The predicted molar refractivity (Wildman–Crippen MR) is 115 cm³/mol. The van der Waals surface area contributed by atoms with Crippen molar-refractivity contribution in [3.63, 3.8) is 0 Å². The monoisotopic (exact) mass is 444 g/mol. The molecule has 0 aromatic carbocycles. The molecule has 1 aliphatic carbocycles. The molecule has 0 bridgehead atoms. The summed E-state index contributed by atoms with van der Waals surface area (Å²) in [5, 5.41) is 17.9. The third-order valence-electron chi connectivity index (χ3n) is 4.89. The summed E-state index contributed by atoms with van der Waals surface area (Å²) in [5.41, 5.74) is 0. The average molecular weight is 445 g/mol. The van der Waals surface area contributed by atoms with Gasteiger partial charge >= 0.3 is 12.1 Å². The number of halogens is 3. The van der Waals surface area contributed by atoms with Gasteiger partial charge in [-0.3, -0.25) is 4.79 Å². The number of alkyl halides is 3. The zero-order chi connectivity index (χ0) is 23.1. The van der Waals surface area contributed by atoms with Gasteiger partial charge in [-0.15, -0.1) is 0 Å². The molecule has 176 valence electrons. The van der Waals surface area contributed by atoms with E-state index in [1.54, 1.807) is 0 Å². The van der Waals surface area contributed by atoms with Crippen LogP contribution in [0.3, 0.4) is 0 Å². The van der Waals surface area contributed by atoms with E-state index < -0.39 is 18.7 Å². The molecule has 0 saturated heterocycles. The smallest absolute Gasteiger partial charge is 0.389 e. The summed E-state index contributed by atoms with van der Waals surface area (Å²) in [5.74, 6) is -0.130. The average Bonchev–Trinajstić information content (AvgIpc) is 3.49. The summed E-state index contributed by atoms with van der Waals surface area (Å²) < 4.78 is 41.1. The zero-order valence-electron chi connectivity index (χ0n) is 18.1. The van der Waals surface area contributed by atoms with Gasteiger partial charge < -0.3 is 14.9 Å². The van der Waals surface area contributed by atoms with Crippen molar-refractivity contribution < 1.29 is 32.9 Å². The van der Waals surface area contributed by atoms with Crippen molar-refractivity contribution in [2.75, 3.05) is 13.2 Å². The summed E-state index contributed by atoms with van der Waals surface area (Å²) in [6.07, 6.45) is 14.3. The van der Waals surface area contributed by atoms with Crippen LogP contribution < -0.4 is 0 Å². The molecule has 3 atom stereocenters. The van der Waals surface area contributed by atoms with Crippen LogP contribution in [0.15, 0.2) is 48.6 Å². The number of carbonyl (C=O) groups excluding carboxylic acids is 1. The van der Waals surface area contributed by atoms with E-state index >= 15 is 0 Å². The Kier molecular flexibility index (Phi) is 13.2. The van der Waals surface area contributed by atoms with Gasteiger partial charge in [-0.25, -0.2) is 0 Å². The van der Waals surface area contributed by atoms with Crippen LogP contribution in [0.2, 0.25) is 0 Å². The molecule has 31 heavy (non-hydrogen) atoms. The molecule has 0 heterocycles. The molecule has 0 radical (unpaired) electrons. The van der Waals surface area contributed by atoms with Gasteiger partial charge in [-0.05, 0) is 50.4 Å². The van der Waals surface area contributed by atoms with Gasteiger partial charge in [0.2, 0.25) is 0 Å². The summed E-state index contributed by atoms with van der Waals surface area (Å²) >= 11 is 0. The van der Waals surface area contributed by atoms with Crippen molar-refractivity contribution in [3.05, 3.63) is 48.6 Å². The van der Waals surface area contributed by atoms with Gasteiger partial charge in [-0.2, -0.15) is 13.2 Å². The molecular weight excluding hydrogens is 409 g/mol. The maximum atomic E-state index is 12.0. The van der Waals surface area contributed by atoms with Crippen LogP contribution in [0, 0.1) is 17.8 Å². The largest absolute Gasteiger partial charge is 0.457 e. The Morgan fingerprint density at radius 3 is 2.32 bits per heavy atom. The summed E-state index contributed by atoms with van der Waals surface area (Å²) in [6, 6.07) is 0. The molecule has 0 amide bonds. The van der Waals surface area contributed by atoms with Gasteiger partial charge in [0.25, 0.3) is 0 Å². The first-order valence-electron chi connectivity index (χ1n) is 10.9. The van der Waals surface area contributed by atoms with Crippen LogP contribution in [-0.4, -0.2) is 41.7 Å². The number of aliphatic hydroxyl groups excluding tert-OH is 2. The number of unbranched alkanes of at least 4 members (excludes halogenated alkanes) is 2. The maximum absolute atomic E-state index is 12.0. The SMILES string of the molecule is C[C@H](/C=C\C/C=C\C/C=C\[C@@H]1C[C@@H]1C(=O)OC(CO)CO)/C=C\CCCCC(F)(F)F. The first-order valence-corrected chi connectivity index (χ1v) is 10.9. The topological polar surface area (TPSA) is 66.8 Å². The second-order valence-corrected chi connectivity index (χ2v) is 7.88. The number of esters is 1. The Hall–Kier alpha value is -1.86. The van der Waals surface area contributed by atoms with Gasteiger partial charge in [0.15, 0.2) is 0 Å². The normalized spacial score (nSPS) is 20.6.